The Labute approximate surface area is 112 Å². The van der Waals surface area contributed by atoms with E-state index in [4.69, 9.17) is 10.00 Å². The highest BCUT2D eigenvalue weighted by atomic mass is 19.1. The van der Waals surface area contributed by atoms with Gasteiger partial charge in [0, 0.05) is 6.07 Å². The molecule has 0 saturated heterocycles. The monoisotopic (exact) mass is 253 g/mol. The summed E-state index contributed by atoms with van der Waals surface area (Å²) in [6, 6.07) is 13.4. The van der Waals surface area contributed by atoms with Crippen LogP contribution in [0.25, 0.3) is 0 Å². The van der Waals surface area contributed by atoms with Crippen LogP contribution in [0, 0.1) is 17.1 Å². The zero-order valence-electron chi connectivity index (χ0n) is 10.9. The molecule has 0 aliphatic heterocycles. The van der Waals surface area contributed by atoms with Crippen molar-refractivity contribution in [1.82, 2.24) is 0 Å². The first-order valence-corrected chi connectivity index (χ1v) is 6.07. The second-order valence-electron chi connectivity index (χ2n) is 4.57. The second kappa shape index (κ2) is 5.58. The molecule has 0 radical (unpaired) electrons. The molecule has 2 nitrogen and oxygen atoms in total. The molecule has 0 heterocycles. The lowest BCUT2D eigenvalue weighted by atomic mass is 9.48. The minimum atomic E-state index is -0.350. The predicted octanol–water partition coefficient (Wildman–Crippen LogP) is 3.45. The smallest absolute Gasteiger partial charge is 0.171 e. The molecular weight excluding hydrogens is 240 g/mol. The van der Waals surface area contributed by atoms with Gasteiger partial charge in [-0.2, -0.15) is 5.26 Å². The molecule has 19 heavy (non-hydrogen) atoms. The van der Waals surface area contributed by atoms with Crippen molar-refractivity contribution in [3.05, 3.63) is 53.8 Å². The number of hydrogen-bond donors (Lipinski definition) is 0. The molecule has 0 amide bonds. The van der Waals surface area contributed by atoms with Gasteiger partial charge in [-0.25, -0.2) is 4.39 Å². The van der Waals surface area contributed by atoms with E-state index in [1.54, 1.807) is 24.3 Å². The fraction of sp³-hybridized carbons (Fsp3) is 0.133. The van der Waals surface area contributed by atoms with E-state index in [9.17, 15) is 4.39 Å². The van der Waals surface area contributed by atoms with E-state index in [0.29, 0.717) is 17.1 Å². The van der Waals surface area contributed by atoms with Crippen LogP contribution in [0.3, 0.4) is 0 Å². The van der Waals surface area contributed by atoms with Crippen molar-refractivity contribution in [2.45, 2.75) is 13.6 Å². The van der Waals surface area contributed by atoms with Crippen LogP contribution in [-0.4, -0.2) is 6.71 Å². The molecule has 2 rings (SSSR count). The maximum atomic E-state index is 13.1. The summed E-state index contributed by atoms with van der Waals surface area (Å²) in [5, 5.41) is 9.14. The van der Waals surface area contributed by atoms with Crippen molar-refractivity contribution in [2.24, 2.45) is 0 Å². The minimum Gasteiger partial charge on any atom is -0.457 e. The molecule has 0 saturated carbocycles. The molecule has 0 unspecified atom stereocenters. The maximum Gasteiger partial charge on any atom is 0.171 e. The third kappa shape index (κ3) is 3.14. The summed E-state index contributed by atoms with van der Waals surface area (Å²) in [5.74, 6) is 0.601. The second-order valence-corrected chi connectivity index (χ2v) is 4.57. The first-order chi connectivity index (χ1) is 9.10. The van der Waals surface area contributed by atoms with E-state index in [1.165, 1.54) is 12.1 Å². The average Bonchev–Trinajstić information content (AvgIpc) is 2.38. The van der Waals surface area contributed by atoms with Crippen molar-refractivity contribution < 1.29 is 9.13 Å². The fourth-order valence-corrected chi connectivity index (χ4v) is 1.87. The molecule has 2 aromatic carbocycles. The molecular formula is C15H13BFNO. The first kappa shape index (κ1) is 13.2. The Morgan fingerprint density at radius 2 is 1.84 bits per heavy atom. The van der Waals surface area contributed by atoms with E-state index in [1.807, 2.05) is 19.7 Å². The van der Waals surface area contributed by atoms with Gasteiger partial charge in [-0.15, -0.1) is 0 Å². The number of benzene rings is 2. The standard InChI is InChI=1S/C15H13BFNO/c1-16(2)15-7-6-14(8-11(15)10-18)19-13-5-3-4-12(17)9-13/h3-9H,1-2H3. The number of nitriles is 1. The molecule has 0 N–H and O–H groups in total. The van der Waals surface area contributed by atoms with Gasteiger partial charge in [0.15, 0.2) is 6.71 Å². The van der Waals surface area contributed by atoms with Gasteiger partial charge in [-0.1, -0.05) is 31.2 Å². The first-order valence-electron chi connectivity index (χ1n) is 6.07. The van der Waals surface area contributed by atoms with Crippen molar-refractivity contribution in [1.29, 1.82) is 5.26 Å². The largest absolute Gasteiger partial charge is 0.457 e. The van der Waals surface area contributed by atoms with Crippen LogP contribution in [0.4, 0.5) is 4.39 Å². The molecule has 0 aliphatic rings. The minimum absolute atomic E-state index is 0.276. The van der Waals surface area contributed by atoms with Crippen LogP contribution >= 0.6 is 0 Å². The van der Waals surface area contributed by atoms with E-state index < -0.39 is 0 Å². The number of nitrogens with zero attached hydrogens (tertiary/aromatic N) is 1. The number of rotatable bonds is 3. The summed E-state index contributed by atoms with van der Waals surface area (Å²) in [6.45, 7) is 4.34. The summed E-state index contributed by atoms with van der Waals surface area (Å²) < 4.78 is 18.6. The van der Waals surface area contributed by atoms with Gasteiger partial charge in [-0.3, -0.25) is 0 Å². The van der Waals surface area contributed by atoms with Gasteiger partial charge in [0.25, 0.3) is 0 Å². The molecule has 0 bridgehead atoms. The molecule has 0 aliphatic carbocycles. The van der Waals surface area contributed by atoms with Crippen LogP contribution in [0.15, 0.2) is 42.5 Å². The number of halogens is 1. The molecule has 0 atom stereocenters. The van der Waals surface area contributed by atoms with Crippen LogP contribution in [0.1, 0.15) is 5.56 Å². The summed E-state index contributed by atoms with van der Waals surface area (Å²) in [4.78, 5) is 0. The quantitative estimate of drug-likeness (QED) is 0.785. The van der Waals surface area contributed by atoms with Crippen LogP contribution in [0.2, 0.25) is 13.6 Å². The van der Waals surface area contributed by atoms with Crippen molar-refractivity contribution >= 4 is 12.2 Å². The van der Waals surface area contributed by atoms with E-state index >= 15 is 0 Å². The van der Waals surface area contributed by atoms with E-state index in [-0.39, 0.29) is 12.5 Å². The van der Waals surface area contributed by atoms with Gasteiger partial charge < -0.3 is 4.74 Å². The van der Waals surface area contributed by atoms with Crippen LogP contribution < -0.4 is 10.2 Å². The highest BCUT2D eigenvalue weighted by molar-refractivity contribution is 6.71. The Balaban J connectivity index is 2.30. The topological polar surface area (TPSA) is 33.0 Å². The normalized spacial score (nSPS) is 9.79. The van der Waals surface area contributed by atoms with Gasteiger partial charge >= 0.3 is 0 Å². The van der Waals surface area contributed by atoms with Gasteiger partial charge in [-0.05, 0) is 24.3 Å². The van der Waals surface area contributed by atoms with E-state index in [0.717, 1.165) is 5.46 Å². The summed E-state index contributed by atoms with van der Waals surface area (Å²) in [7, 11) is 0. The zero-order chi connectivity index (χ0) is 13.8. The predicted molar refractivity (Wildman–Crippen MR) is 74.7 cm³/mol. The van der Waals surface area contributed by atoms with Crippen LogP contribution in [-0.2, 0) is 0 Å². The number of ether oxygens (including phenoxy) is 1. The Hall–Kier alpha value is -2.28. The Kier molecular flexibility index (Phi) is 3.86. The Bertz CT molecular complexity index is 634. The van der Waals surface area contributed by atoms with Gasteiger partial charge in [0.05, 0.1) is 11.6 Å². The lowest BCUT2D eigenvalue weighted by Gasteiger charge is -2.09. The fourth-order valence-electron chi connectivity index (χ4n) is 1.87. The molecule has 0 spiro atoms. The number of hydrogen-bond acceptors (Lipinski definition) is 2. The van der Waals surface area contributed by atoms with Gasteiger partial charge in [0.1, 0.15) is 17.3 Å². The summed E-state index contributed by atoms with van der Waals surface area (Å²) >= 11 is 0. The molecule has 94 valence electrons. The summed E-state index contributed by atoms with van der Waals surface area (Å²) in [5.41, 5.74) is 1.57. The lowest BCUT2D eigenvalue weighted by Crippen LogP contribution is -2.25. The highest BCUT2D eigenvalue weighted by Crippen LogP contribution is 2.22. The maximum absolute atomic E-state index is 13.1. The summed E-state index contributed by atoms with van der Waals surface area (Å²) in [6.07, 6.45) is 0. The highest BCUT2D eigenvalue weighted by Gasteiger charge is 2.10. The van der Waals surface area contributed by atoms with Crippen molar-refractivity contribution in [3.63, 3.8) is 0 Å². The van der Waals surface area contributed by atoms with E-state index in [2.05, 4.69) is 6.07 Å². The van der Waals surface area contributed by atoms with Crippen molar-refractivity contribution in [3.8, 4) is 17.6 Å². The Morgan fingerprint density at radius 3 is 2.47 bits per heavy atom. The average molecular weight is 253 g/mol. The lowest BCUT2D eigenvalue weighted by molar-refractivity contribution is 0.477. The van der Waals surface area contributed by atoms with Crippen LogP contribution in [0.5, 0.6) is 11.5 Å². The molecule has 4 heteroatoms. The third-order valence-corrected chi connectivity index (χ3v) is 2.80. The third-order valence-electron chi connectivity index (χ3n) is 2.80. The van der Waals surface area contributed by atoms with Gasteiger partial charge in [0.2, 0.25) is 0 Å². The molecule has 0 fully saturated rings. The van der Waals surface area contributed by atoms with Crippen molar-refractivity contribution in [2.75, 3.05) is 0 Å². The zero-order valence-corrected chi connectivity index (χ0v) is 10.9. The Morgan fingerprint density at radius 1 is 1.11 bits per heavy atom. The molecule has 0 aromatic heterocycles. The molecule has 2 aromatic rings. The SMILES string of the molecule is CB(C)c1ccc(Oc2cccc(F)c2)cc1C#N.